The molecule has 0 radical (unpaired) electrons. The van der Waals surface area contributed by atoms with E-state index in [2.05, 4.69) is 74.6 Å². The van der Waals surface area contributed by atoms with Crippen molar-refractivity contribution in [2.75, 3.05) is 41.0 Å². The predicted octanol–water partition coefficient (Wildman–Crippen LogP) is 8.23. The zero-order valence-electron chi connectivity index (χ0n) is 29.7. The third-order valence-corrected chi connectivity index (χ3v) is 6.82. The molecule has 0 heterocycles. The summed E-state index contributed by atoms with van der Waals surface area (Å²) < 4.78 is 16.9. The Balaban J connectivity index is 4.59. The van der Waals surface area contributed by atoms with Crippen molar-refractivity contribution in [2.24, 2.45) is 0 Å². The van der Waals surface area contributed by atoms with Gasteiger partial charge in [-0.1, -0.05) is 98.9 Å². The number of carbonyl (C=O) groups is 3. The van der Waals surface area contributed by atoms with Crippen LogP contribution < -0.4 is 0 Å². The van der Waals surface area contributed by atoms with Crippen molar-refractivity contribution in [3.8, 4) is 0 Å². The van der Waals surface area contributed by atoms with E-state index in [1.807, 2.05) is 45.4 Å². The molecule has 0 aromatic rings. The van der Waals surface area contributed by atoms with E-state index in [9.17, 15) is 19.5 Å². The first-order chi connectivity index (χ1) is 22.6. The second kappa shape index (κ2) is 29.9. The van der Waals surface area contributed by atoms with E-state index >= 15 is 0 Å². The van der Waals surface area contributed by atoms with Crippen molar-refractivity contribution in [3.05, 3.63) is 85.1 Å². The van der Waals surface area contributed by atoms with Crippen molar-refractivity contribution in [1.82, 2.24) is 0 Å². The number of hydrogen-bond donors (Lipinski definition) is 1. The van der Waals surface area contributed by atoms with E-state index in [1.165, 1.54) is 0 Å². The van der Waals surface area contributed by atoms with Gasteiger partial charge in [0.15, 0.2) is 12.1 Å². The van der Waals surface area contributed by atoms with E-state index < -0.39 is 24.1 Å². The number of hydrogen-bond acceptors (Lipinski definition) is 6. The molecule has 2 unspecified atom stereocenters. The van der Waals surface area contributed by atoms with Gasteiger partial charge in [0.2, 0.25) is 0 Å². The maximum atomic E-state index is 12.5. The number of allylic oxidation sites excluding steroid dienone is 14. The van der Waals surface area contributed by atoms with Crippen LogP contribution in [0.1, 0.15) is 90.9 Å². The topological polar surface area (TPSA) is 99.1 Å². The summed E-state index contributed by atoms with van der Waals surface area (Å²) in [5.41, 5.74) is 0. The second-order valence-electron chi connectivity index (χ2n) is 12.0. The third-order valence-electron chi connectivity index (χ3n) is 6.82. The summed E-state index contributed by atoms with van der Waals surface area (Å²) in [6.45, 7) is 4.27. The maximum Gasteiger partial charge on any atom is 0.362 e. The number of aliphatic carboxylic acids is 1. The molecule has 0 amide bonds. The second-order valence-corrected chi connectivity index (χ2v) is 12.0. The highest BCUT2D eigenvalue weighted by Crippen LogP contribution is 2.10. The van der Waals surface area contributed by atoms with Gasteiger partial charge < -0.3 is 23.8 Å². The number of esters is 2. The highest BCUT2D eigenvalue weighted by Gasteiger charge is 2.31. The molecule has 0 aliphatic rings. The monoisotopic (exact) mass is 656 g/mol. The zero-order chi connectivity index (χ0) is 35.0. The Kier molecular flexibility index (Phi) is 27.7. The highest BCUT2D eigenvalue weighted by atomic mass is 16.6. The predicted molar refractivity (Wildman–Crippen MR) is 192 cm³/mol. The lowest BCUT2D eigenvalue weighted by atomic mass is 10.1. The highest BCUT2D eigenvalue weighted by molar-refractivity contribution is 5.72. The van der Waals surface area contributed by atoms with Gasteiger partial charge in [0, 0.05) is 19.3 Å². The molecule has 47 heavy (non-hydrogen) atoms. The minimum atomic E-state index is -0.899. The molecule has 1 N–H and O–H groups in total. The zero-order valence-corrected chi connectivity index (χ0v) is 29.7. The van der Waals surface area contributed by atoms with Crippen LogP contribution in [0, 0.1) is 0 Å². The molecule has 0 saturated heterocycles. The number of carbonyl (C=O) groups excluding carboxylic acids is 2. The van der Waals surface area contributed by atoms with Crippen LogP contribution in [0.15, 0.2) is 85.1 Å². The lowest BCUT2D eigenvalue weighted by Gasteiger charge is -2.31. The number of ether oxygens (including phenoxy) is 3. The number of carboxylic acids is 1. The van der Waals surface area contributed by atoms with Crippen LogP contribution in [0.5, 0.6) is 0 Å². The molecule has 0 aliphatic carbocycles. The summed E-state index contributed by atoms with van der Waals surface area (Å²) in [6, 6.07) is -0.635. The van der Waals surface area contributed by atoms with Gasteiger partial charge in [0.1, 0.15) is 6.61 Å². The quantitative estimate of drug-likeness (QED) is 0.0392. The number of likely N-dealkylation sites (N-methyl/N-ethyl adjacent to an activating group) is 1. The molecule has 0 aromatic carbocycles. The van der Waals surface area contributed by atoms with Crippen LogP contribution >= 0.6 is 0 Å². The van der Waals surface area contributed by atoms with Crippen LogP contribution in [-0.2, 0) is 28.6 Å². The summed E-state index contributed by atoms with van der Waals surface area (Å²) in [5.74, 6) is -1.69. The average molecular weight is 657 g/mol. The standard InChI is InChI=1S/C39H61NO7/c1-6-8-10-12-14-15-16-17-18-19-20-21-22-24-25-27-29-37(41)46-34-35(33-45-32-31-36(39(43)44)40(3,4)5)47-38(42)30-28-26-23-13-11-9-7-2/h8-11,14-15,17-18,20-21,23-26,35-36H,6-7,12-13,16,19,22,27-34H2,1-5H3/p+1/b10-8+,11-9+,15-14+,18-17+,21-20+,25-24+,26-23+. The molecule has 0 spiro atoms. The first kappa shape index (κ1) is 43.5. The number of quaternary nitrogens is 1. The van der Waals surface area contributed by atoms with E-state index in [0.717, 1.165) is 44.9 Å². The Hall–Kier alpha value is -3.49. The Morgan fingerprint density at radius 3 is 1.47 bits per heavy atom. The van der Waals surface area contributed by atoms with Gasteiger partial charge in [-0.05, 0) is 57.8 Å². The van der Waals surface area contributed by atoms with Gasteiger partial charge in [0.25, 0.3) is 0 Å². The largest absolute Gasteiger partial charge is 0.477 e. The Morgan fingerprint density at radius 1 is 0.617 bits per heavy atom. The molecule has 0 saturated carbocycles. The maximum absolute atomic E-state index is 12.5. The summed E-state index contributed by atoms with van der Waals surface area (Å²) in [6.07, 6.45) is 36.9. The Labute approximate surface area is 284 Å². The molecule has 0 fully saturated rings. The van der Waals surface area contributed by atoms with E-state index in [4.69, 9.17) is 14.2 Å². The molecule has 0 rings (SSSR count). The molecule has 264 valence electrons. The first-order valence-corrected chi connectivity index (χ1v) is 17.1. The van der Waals surface area contributed by atoms with Gasteiger partial charge in [-0.2, -0.15) is 0 Å². The smallest absolute Gasteiger partial charge is 0.362 e. The normalized spacial score (nSPS) is 14.1. The molecule has 0 aromatic heterocycles. The van der Waals surface area contributed by atoms with Crippen molar-refractivity contribution in [3.63, 3.8) is 0 Å². The molecule has 8 nitrogen and oxygen atoms in total. The van der Waals surface area contributed by atoms with Gasteiger partial charge >= 0.3 is 17.9 Å². The number of carboxylic acid groups (broad SMARTS) is 1. The molecule has 0 aliphatic heterocycles. The molecule has 0 bridgehead atoms. The summed E-state index contributed by atoms with van der Waals surface area (Å²) in [7, 11) is 5.45. The summed E-state index contributed by atoms with van der Waals surface area (Å²) >= 11 is 0. The van der Waals surface area contributed by atoms with Crippen molar-refractivity contribution in [2.45, 2.75) is 103 Å². The molecular formula is C39H62NO7+. The van der Waals surface area contributed by atoms with E-state index in [1.54, 1.807) is 0 Å². The van der Waals surface area contributed by atoms with Gasteiger partial charge in [-0.25, -0.2) is 4.79 Å². The van der Waals surface area contributed by atoms with Crippen LogP contribution in [0.25, 0.3) is 0 Å². The number of nitrogens with zero attached hydrogens (tertiary/aromatic N) is 1. The lowest BCUT2D eigenvalue weighted by molar-refractivity contribution is -0.887. The van der Waals surface area contributed by atoms with Gasteiger partial charge in [-0.15, -0.1) is 0 Å². The van der Waals surface area contributed by atoms with E-state index in [-0.39, 0.29) is 43.1 Å². The van der Waals surface area contributed by atoms with Crippen LogP contribution in [-0.4, -0.2) is 80.6 Å². The SMILES string of the molecule is CC/C=C/C/C=C/C/C=C/C/C=C/C/C=C/CCC(=O)OCC(COCCC(C(=O)O)[N+](C)(C)C)OC(=O)CC/C=C/C/C=C/CC. The third kappa shape index (κ3) is 28.5. The minimum absolute atomic E-state index is 0.00885. The lowest BCUT2D eigenvalue weighted by Crippen LogP contribution is -2.50. The molecule has 8 heteroatoms. The fourth-order valence-electron chi connectivity index (χ4n) is 4.20. The molecular weight excluding hydrogens is 594 g/mol. The van der Waals surface area contributed by atoms with Gasteiger partial charge in [-0.3, -0.25) is 9.59 Å². The van der Waals surface area contributed by atoms with Gasteiger partial charge in [0.05, 0.1) is 34.4 Å². The minimum Gasteiger partial charge on any atom is -0.477 e. The Bertz CT molecular complexity index is 1040. The van der Waals surface area contributed by atoms with Crippen LogP contribution in [0.4, 0.5) is 0 Å². The summed E-state index contributed by atoms with van der Waals surface area (Å²) in [5, 5.41) is 9.53. The molecule has 2 atom stereocenters. The fraction of sp³-hybridized carbons (Fsp3) is 0.564. The summed E-state index contributed by atoms with van der Waals surface area (Å²) in [4.78, 5) is 36.5. The first-order valence-electron chi connectivity index (χ1n) is 17.1. The number of rotatable bonds is 28. The Morgan fingerprint density at radius 2 is 1.04 bits per heavy atom. The average Bonchev–Trinajstić information content (AvgIpc) is 3.01. The van der Waals surface area contributed by atoms with E-state index in [0.29, 0.717) is 19.3 Å². The van der Waals surface area contributed by atoms with Crippen LogP contribution in [0.3, 0.4) is 0 Å². The van der Waals surface area contributed by atoms with Crippen molar-refractivity contribution in [1.29, 1.82) is 0 Å². The fourth-order valence-corrected chi connectivity index (χ4v) is 4.20. The van der Waals surface area contributed by atoms with Crippen molar-refractivity contribution < 1.29 is 38.2 Å². The van der Waals surface area contributed by atoms with Crippen molar-refractivity contribution >= 4 is 17.9 Å². The van der Waals surface area contributed by atoms with Crippen LogP contribution in [0.2, 0.25) is 0 Å².